The standard InChI is InChI=1S/C7H14N3O4P/c1-6-4-7(8-5-11,10-9-6)15(12,13-2)14-3/h5-6H,4H2,1-3H3,(H,8,11). The van der Waals surface area contributed by atoms with Crippen LogP contribution in [-0.2, 0) is 18.4 Å². The number of azo groups is 1. The van der Waals surface area contributed by atoms with E-state index in [4.69, 9.17) is 9.05 Å². The summed E-state index contributed by atoms with van der Waals surface area (Å²) in [5.74, 6) is 0. The summed E-state index contributed by atoms with van der Waals surface area (Å²) in [7, 11) is -1.02. The van der Waals surface area contributed by atoms with Crippen LogP contribution in [0.15, 0.2) is 10.2 Å². The summed E-state index contributed by atoms with van der Waals surface area (Å²) in [6, 6.07) is -0.129. The lowest BCUT2D eigenvalue weighted by Gasteiger charge is -2.29. The van der Waals surface area contributed by atoms with Crippen molar-refractivity contribution in [1.82, 2.24) is 5.32 Å². The molecule has 1 N–H and O–H groups in total. The first-order valence-corrected chi connectivity index (χ1v) is 5.93. The Balaban J connectivity index is 3.07. The minimum Gasteiger partial charge on any atom is -0.323 e. The molecule has 0 aliphatic carbocycles. The van der Waals surface area contributed by atoms with Crippen LogP contribution in [-0.4, -0.2) is 32.1 Å². The highest BCUT2D eigenvalue weighted by molar-refractivity contribution is 7.55. The van der Waals surface area contributed by atoms with Crippen molar-refractivity contribution >= 4 is 14.0 Å². The maximum Gasteiger partial charge on any atom is 0.379 e. The van der Waals surface area contributed by atoms with Gasteiger partial charge in [0.15, 0.2) is 0 Å². The lowest BCUT2D eigenvalue weighted by Crippen LogP contribution is -2.42. The number of amides is 1. The summed E-state index contributed by atoms with van der Waals surface area (Å²) in [4.78, 5) is 10.5. The second kappa shape index (κ2) is 4.38. The second-order valence-electron chi connectivity index (χ2n) is 3.21. The van der Waals surface area contributed by atoms with Gasteiger partial charge in [0, 0.05) is 20.6 Å². The summed E-state index contributed by atoms with van der Waals surface area (Å²) in [6.07, 6.45) is 0.715. The van der Waals surface area contributed by atoms with Gasteiger partial charge in [-0.3, -0.25) is 9.36 Å². The Morgan fingerprint density at radius 2 is 2.13 bits per heavy atom. The van der Waals surface area contributed by atoms with Gasteiger partial charge in [-0.1, -0.05) is 0 Å². The van der Waals surface area contributed by atoms with E-state index in [1.54, 1.807) is 6.92 Å². The normalized spacial score (nSPS) is 30.5. The molecule has 0 aromatic carbocycles. The minimum atomic E-state index is -3.52. The number of hydrogen-bond acceptors (Lipinski definition) is 6. The van der Waals surface area contributed by atoms with Crippen LogP contribution in [0.25, 0.3) is 0 Å². The molecule has 1 aliphatic rings. The van der Waals surface area contributed by atoms with Crippen LogP contribution >= 0.6 is 7.60 Å². The summed E-state index contributed by atoms with van der Waals surface area (Å²) >= 11 is 0. The van der Waals surface area contributed by atoms with Crippen LogP contribution in [0.5, 0.6) is 0 Å². The van der Waals surface area contributed by atoms with E-state index < -0.39 is 13.0 Å². The second-order valence-corrected chi connectivity index (χ2v) is 5.68. The average Bonchev–Trinajstić information content (AvgIpc) is 2.61. The first kappa shape index (κ1) is 12.3. The molecule has 86 valence electrons. The van der Waals surface area contributed by atoms with Gasteiger partial charge in [-0.25, -0.2) is 0 Å². The van der Waals surface area contributed by atoms with Crippen molar-refractivity contribution in [2.45, 2.75) is 24.8 Å². The fraction of sp³-hybridized carbons (Fsp3) is 0.857. The van der Waals surface area contributed by atoms with Crippen LogP contribution in [0.1, 0.15) is 13.3 Å². The highest BCUT2D eigenvalue weighted by atomic mass is 31.2. The molecule has 1 amide bonds. The van der Waals surface area contributed by atoms with Crippen LogP contribution < -0.4 is 5.32 Å². The third-order valence-corrected chi connectivity index (χ3v) is 4.49. The van der Waals surface area contributed by atoms with Gasteiger partial charge in [-0.05, 0) is 6.92 Å². The Morgan fingerprint density at radius 3 is 2.47 bits per heavy atom. The molecule has 0 bridgehead atoms. The molecular weight excluding hydrogens is 221 g/mol. The van der Waals surface area contributed by atoms with Gasteiger partial charge in [0.25, 0.3) is 5.40 Å². The Labute approximate surface area is 87.8 Å². The first-order chi connectivity index (χ1) is 7.03. The molecule has 2 atom stereocenters. The average molecular weight is 235 g/mol. The fourth-order valence-corrected chi connectivity index (χ4v) is 3.10. The predicted octanol–water partition coefficient (Wildman–Crippen LogP) is 1.12. The molecule has 0 fully saturated rings. The van der Waals surface area contributed by atoms with E-state index in [2.05, 4.69) is 15.5 Å². The number of nitrogens with zero attached hydrogens (tertiary/aromatic N) is 2. The molecule has 0 aromatic heterocycles. The Hall–Kier alpha value is -0.780. The number of carbonyl (C=O) groups excluding carboxylic acids is 1. The van der Waals surface area contributed by atoms with Gasteiger partial charge in [0.05, 0.1) is 6.04 Å². The highest BCUT2D eigenvalue weighted by Crippen LogP contribution is 2.61. The van der Waals surface area contributed by atoms with Gasteiger partial charge in [0.2, 0.25) is 6.41 Å². The predicted molar refractivity (Wildman–Crippen MR) is 52.5 cm³/mol. The molecule has 2 unspecified atom stereocenters. The molecule has 1 aliphatic heterocycles. The molecule has 0 aromatic rings. The van der Waals surface area contributed by atoms with Gasteiger partial charge in [0.1, 0.15) is 0 Å². The van der Waals surface area contributed by atoms with Gasteiger partial charge < -0.3 is 14.4 Å². The van der Waals surface area contributed by atoms with Crippen molar-refractivity contribution in [3.05, 3.63) is 0 Å². The van der Waals surface area contributed by atoms with Gasteiger partial charge in [-0.2, -0.15) is 10.2 Å². The third-order valence-electron chi connectivity index (χ3n) is 2.22. The van der Waals surface area contributed by atoms with Crippen molar-refractivity contribution in [1.29, 1.82) is 0 Å². The highest BCUT2D eigenvalue weighted by Gasteiger charge is 2.54. The van der Waals surface area contributed by atoms with Crippen molar-refractivity contribution in [3.8, 4) is 0 Å². The zero-order valence-electron chi connectivity index (χ0n) is 8.84. The molecule has 0 saturated heterocycles. The van der Waals surface area contributed by atoms with Crippen LogP contribution in [0.2, 0.25) is 0 Å². The largest absolute Gasteiger partial charge is 0.379 e. The molecule has 8 heteroatoms. The zero-order chi connectivity index (χ0) is 11.5. The van der Waals surface area contributed by atoms with E-state index in [9.17, 15) is 9.36 Å². The number of rotatable bonds is 5. The molecule has 0 saturated carbocycles. The fourth-order valence-electron chi connectivity index (χ4n) is 1.49. The van der Waals surface area contributed by atoms with Gasteiger partial charge >= 0.3 is 7.60 Å². The quantitative estimate of drug-likeness (QED) is 0.571. The van der Waals surface area contributed by atoms with Crippen LogP contribution in [0.4, 0.5) is 0 Å². The summed E-state index contributed by atoms with van der Waals surface area (Å²) in [5.41, 5.74) is 0. The lowest BCUT2D eigenvalue weighted by molar-refractivity contribution is -0.110. The number of hydrogen-bond donors (Lipinski definition) is 1. The maximum atomic E-state index is 12.2. The molecule has 0 spiro atoms. The van der Waals surface area contributed by atoms with E-state index in [1.807, 2.05) is 0 Å². The van der Waals surface area contributed by atoms with E-state index in [0.717, 1.165) is 0 Å². The Morgan fingerprint density at radius 1 is 1.53 bits per heavy atom. The summed E-state index contributed by atoms with van der Waals surface area (Å²) < 4.78 is 21.9. The molecule has 7 nitrogen and oxygen atoms in total. The molecule has 1 rings (SSSR count). The summed E-state index contributed by atoms with van der Waals surface area (Å²) in [5, 5.41) is 8.66. The maximum absolute atomic E-state index is 12.2. The van der Waals surface area contributed by atoms with Crippen LogP contribution in [0.3, 0.4) is 0 Å². The molecular formula is C7H14N3O4P. The number of nitrogens with one attached hydrogen (secondary N) is 1. The third kappa shape index (κ3) is 1.95. The smallest absolute Gasteiger partial charge is 0.323 e. The van der Waals surface area contributed by atoms with E-state index in [-0.39, 0.29) is 6.04 Å². The van der Waals surface area contributed by atoms with Crippen molar-refractivity contribution < 1.29 is 18.4 Å². The molecule has 1 heterocycles. The lowest BCUT2D eigenvalue weighted by atomic mass is 10.2. The molecule has 0 radical (unpaired) electrons. The summed E-state index contributed by atoms with van der Waals surface area (Å²) in [6.45, 7) is 1.80. The minimum absolute atomic E-state index is 0.129. The van der Waals surface area contributed by atoms with Crippen molar-refractivity contribution in [3.63, 3.8) is 0 Å². The molecule has 15 heavy (non-hydrogen) atoms. The van der Waals surface area contributed by atoms with E-state index in [0.29, 0.717) is 12.8 Å². The Kier molecular flexibility index (Phi) is 3.59. The van der Waals surface area contributed by atoms with Crippen molar-refractivity contribution in [2.75, 3.05) is 14.2 Å². The first-order valence-electron chi connectivity index (χ1n) is 4.38. The van der Waals surface area contributed by atoms with Crippen molar-refractivity contribution in [2.24, 2.45) is 10.2 Å². The zero-order valence-corrected chi connectivity index (χ0v) is 9.73. The number of carbonyl (C=O) groups is 1. The SMILES string of the molecule is COP(=O)(OC)C1(NC=O)CC(C)N=N1. The van der Waals surface area contributed by atoms with E-state index in [1.165, 1.54) is 14.2 Å². The monoisotopic (exact) mass is 235 g/mol. The van der Waals surface area contributed by atoms with Gasteiger partial charge in [-0.15, -0.1) is 0 Å². The Bertz CT molecular complexity index is 313. The van der Waals surface area contributed by atoms with E-state index >= 15 is 0 Å². The van der Waals surface area contributed by atoms with Crippen LogP contribution in [0, 0.1) is 0 Å². The topological polar surface area (TPSA) is 89.3 Å².